The molecule has 0 heterocycles. The van der Waals surface area contributed by atoms with Crippen molar-refractivity contribution in [1.29, 1.82) is 5.26 Å². The van der Waals surface area contributed by atoms with Gasteiger partial charge in [-0.1, -0.05) is 15.9 Å². The molecule has 22 heavy (non-hydrogen) atoms. The second kappa shape index (κ2) is 9.98. The van der Waals surface area contributed by atoms with E-state index in [9.17, 15) is 4.79 Å². The average molecular weight is 366 g/mol. The third kappa shape index (κ3) is 6.29. The Morgan fingerprint density at radius 2 is 2.27 bits per heavy atom. The number of rotatable bonds is 8. The van der Waals surface area contributed by atoms with Crippen molar-refractivity contribution in [2.75, 3.05) is 25.1 Å². The smallest absolute Gasteiger partial charge is 0.263 e. The van der Waals surface area contributed by atoms with E-state index >= 15 is 0 Å². The molecule has 1 rings (SSSR count). The predicted molar refractivity (Wildman–Crippen MR) is 90.3 cm³/mol. The first-order valence-electron chi connectivity index (χ1n) is 7.07. The summed E-state index contributed by atoms with van der Waals surface area (Å²) >= 11 is 3.39. The van der Waals surface area contributed by atoms with E-state index in [1.165, 1.54) is 6.20 Å². The molecule has 1 aromatic carbocycles. The van der Waals surface area contributed by atoms with Crippen molar-refractivity contribution in [2.24, 2.45) is 0 Å². The second-order valence-electron chi connectivity index (χ2n) is 4.58. The highest BCUT2D eigenvalue weighted by Crippen LogP contribution is 2.20. The van der Waals surface area contributed by atoms with Gasteiger partial charge in [-0.15, -0.1) is 0 Å². The fraction of sp³-hybridized carbons (Fsp3) is 0.375. The molecule has 0 unspecified atom stereocenters. The summed E-state index contributed by atoms with van der Waals surface area (Å²) in [6.07, 6.45) is 2.14. The van der Waals surface area contributed by atoms with E-state index in [2.05, 4.69) is 26.6 Å². The molecule has 2 N–H and O–H groups in total. The van der Waals surface area contributed by atoms with Crippen molar-refractivity contribution in [3.63, 3.8) is 0 Å². The number of carbonyl (C=O) groups excluding carboxylic acids is 1. The lowest BCUT2D eigenvalue weighted by molar-refractivity contribution is -0.117. The Labute approximate surface area is 139 Å². The Morgan fingerprint density at radius 3 is 2.91 bits per heavy atom. The lowest BCUT2D eigenvalue weighted by Gasteiger charge is -2.07. The van der Waals surface area contributed by atoms with Crippen molar-refractivity contribution in [1.82, 2.24) is 5.32 Å². The Hall–Kier alpha value is -1.84. The van der Waals surface area contributed by atoms with Gasteiger partial charge in [0, 0.05) is 36.1 Å². The first-order valence-corrected chi connectivity index (χ1v) is 7.86. The number of aryl methyl sites for hydroxylation is 1. The second-order valence-corrected chi connectivity index (χ2v) is 5.50. The van der Waals surface area contributed by atoms with Gasteiger partial charge in [-0.2, -0.15) is 5.26 Å². The van der Waals surface area contributed by atoms with Gasteiger partial charge in [0.2, 0.25) is 0 Å². The van der Waals surface area contributed by atoms with Gasteiger partial charge in [-0.3, -0.25) is 4.79 Å². The molecule has 0 aliphatic rings. The Bertz CT molecular complexity index is 579. The summed E-state index contributed by atoms with van der Waals surface area (Å²) < 4.78 is 6.16. The van der Waals surface area contributed by atoms with Gasteiger partial charge in [-0.25, -0.2) is 0 Å². The van der Waals surface area contributed by atoms with Crippen LogP contribution in [-0.2, 0) is 9.53 Å². The number of ether oxygens (including phenoxy) is 1. The molecule has 1 aromatic rings. The minimum Gasteiger partial charge on any atom is -0.382 e. The van der Waals surface area contributed by atoms with E-state index in [0.717, 1.165) is 22.1 Å². The number of anilines is 1. The molecule has 0 aromatic heterocycles. The minimum absolute atomic E-state index is 0.0405. The molecule has 0 fully saturated rings. The number of nitrogens with zero attached hydrogens (tertiary/aromatic N) is 1. The van der Waals surface area contributed by atoms with Gasteiger partial charge in [-0.05, 0) is 44.0 Å². The normalized spacial score (nSPS) is 10.9. The molecule has 0 spiro atoms. The number of carbonyl (C=O) groups is 1. The van der Waals surface area contributed by atoms with Gasteiger partial charge in [0.1, 0.15) is 11.6 Å². The van der Waals surface area contributed by atoms with Gasteiger partial charge in [0.15, 0.2) is 0 Å². The molecule has 0 aliphatic heterocycles. The van der Waals surface area contributed by atoms with Crippen molar-refractivity contribution >= 4 is 27.5 Å². The maximum atomic E-state index is 11.9. The van der Waals surface area contributed by atoms with Crippen LogP contribution in [0.15, 0.2) is 34.4 Å². The molecule has 118 valence electrons. The highest BCUT2D eigenvalue weighted by Gasteiger charge is 2.08. The lowest BCUT2D eigenvalue weighted by Crippen LogP contribution is -2.26. The zero-order chi connectivity index (χ0) is 16.4. The molecular weight excluding hydrogens is 346 g/mol. The van der Waals surface area contributed by atoms with Crippen LogP contribution in [0.4, 0.5) is 5.69 Å². The molecule has 0 saturated carbocycles. The Kier molecular flexibility index (Phi) is 8.26. The number of benzene rings is 1. The Balaban J connectivity index is 2.55. The summed E-state index contributed by atoms with van der Waals surface area (Å²) in [5, 5.41) is 14.8. The largest absolute Gasteiger partial charge is 0.382 e. The van der Waals surface area contributed by atoms with Crippen LogP contribution in [-0.4, -0.2) is 25.7 Å². The third-order valence-electron chi connectivity index (χ3n) is 2.88. The molecule has 5 nitrogen and oxygen atoms in total. The van der Waals surface area contributed by atoms with Gasteiger partial charge in [0.05, 0.1) is 0 Å². The molecule has 0 atom stereocenters. The maximum absolute atomic E-state index is 11.9. The van der Waals surface area contributed by atoms with E-state index in [1.807, 2.05) is 38.1 Å². The fourth-order valence-corrected chi connectivity index (χ4v) is 2.18. The molecule has 1 amide bonds. The number of nitriles is 1. The first-order chi connectivity index (χ1) is 10.6. The quantitative estimate of drug-likeness (QED) is 0.421. The minimum atomic E-state index is -0.388. The van der Waals surface area contributed by atoms with E-state index in [-0.39, 0.29) is 11.5 Å². The number of hydrogen-bond donors (Lipinski definition) is 2. The van der Waals surface area contributed by atoms with Crippen LogP contribution < -0.4 is 10.6 Å². The molecule has 0 aliphatic carbocycles. The van der Waals surface area contributed by atoms with Crippen molar-refractivity contribution in [2.45, 2.75) is 20.3 Å². The summed E-state index contributed by atoms with van der Waals surface area (Å²) in [5.41, 5.74) is 1.90. The van der Waals surface area contributed by atoms with Crippen molar-refractivity contribution in [3.8, 4) is 6.07 Å². The third-order valence-corrected chi connectivity index (χ3v) is 3.37. The summed E-state index contributed by atoms with van der Waals surface area (Å²) in [4.78, 5) is 11.9. The summed E-state index contributed by atoms with van der Waals surface area (Å²) in [5.74, 6) is -0.388. The number of halogens is 1. The number of amides is 1. The molecule has 0 radical (unpaired) electrons. The molecule has 0 bridgehead atoms. The molecule has 6 heteroatoms. The zero-order valence-electron chi connectivity index (χ0n) is 12.8. The zero-order valence-corrected chi connectivity index (χ0v) is 14.4. The number of nitrogens with one attached hydrogen (secondary N) is 2. The first kappa shape index (κ1) is 18.2. The monoisotopic (exact) mass is 365 g/mol. The summed E-state index contributed by atoms with van der Waals surface area (Å²) in [6.45, 7) is 5.60. The van der Waals surface area contributed by atoms with Crippen LogP contribution in [0.5, 0.6) is 0 Å². The highest BCUT2D eigenvalue weighted by molar-refractivity contribution is 9.10. The van der Waals surface area contributed by atoms with Gasteiger partial charge >= 0.3 is 0 Å². The summed E-state index contributed by atoms with van der Waals surface area (Å²) in [7, 11) is 0. The fourth-order valence-electron chi connectivity index (χ4n) is 1.70. The van der Waals surface area contributed by atoms with Crippen molar-refractivity contribution in [3.05, 3.63) is 40.0 Å². The maximum Gasteiger partial charge on any atom is 0.263 e. The van der Waals surface area contributed by atoms with Gasteiger partial charge in [0.25, 0.3) is 5.91 Å². The number of hydrogen-bond acceptors (Lipinski definition) is 4. The highest BCUT2D eigenvalue weighted by atomic mass is 79.9. The van der Waals surface area contributed by atoms with Crippen LogP contribution in [0.2, 0.25) is 0 Å². The van der Waals surface area contributed by atoms with Crippen LogP contribution in [0, 0.1) is 18.3 Å². The van der Waals surface area contributed by atoms with Gasteiger partial charge < -0.3 is 15.4 Å². The summed E-state index contributed by atoms with van der Waals surface area (Å²) in [6, 6.07) is 7.63. The SMILES string of the molecule is CCOCCCNC(=O)/C(C#N)=C\Nc1ccc(Br)cc1C. The standard InChI is InChI=1S/C16H20BrN3O2/c1-3-22-8-4-7-19-16(21)13(10-18)11-20-15-6-5-14(17)9-12(15)2/h5-6,9,11,20H,3-4,7-8H2,1-2H3,(H,19,21)/b13-11-. The van der Waals surface area contributed by atoms with E-state index in [0.29, 0.717) is 19.8 Å². The molecular formula is C16H20BrN3O2. The topological polar surface area (TPSA) is 74.1 Å². The van der Waals surface area contributed by atoms with E-state index < -0.39 is 0 Å². The lowest BCUT2D eigenvalue weighted by atomic mass is 10.2. The predicted octanol–water partition coefficient (Wildman–Crippen LogP) is 3.12. The van der Waals surface area contributed by atoms with E-state index in [4.69, 9.17) is 10.00 Å². The molecule has 0 saturated heterocycles. The van der Waals surface area contributed by atoms with Crippen LogP contribution in [0.25, 0.3) is 0 Å². The van der Waals surface area contributed by atoms with E-state index in [1.54, 1.807) is 0 Å². The van der Waals surface area contributed by atoms with Crippen LogP contribution in [0.3, 0.4) is 0 Å². The van der Waals surface area contributed by atoms with Crippen LogP contribution >= 0.6 is 15.9 Å². The Morgan fingerprint density at radius 1 is 1.50 bits per heavy atom. The average Bonchev–Trinajstić information content (AvgIpc) is 2.49. The van der Waals surface area contributed by atoms with Crippen LogP contribution in [0.1, 0.15) is 18.9 Å². The van der Waals surface area contributed by atoms with Crippen molar-refractivity contribution < 1.29 is 9.53 Å².